The molecule has 1 aromatic rings. The number of rotatable bonds is 3. The molecular formula is C11H11BrN2O2. The molecule has 0 saturated carbocycles. The molecule has 4 nitrogen and oxygen atoms in total. The van der Waals surface area contributed by atoms with Crippen LogP contribution in [0.2, 0.25) is 0 Å². The van der Waals surface area contributed by atoms with Crippen LogP contribution >= 0.6 is 15.9 Å². The summed E-state index contributed by atoms with van der Waals surface area (Å²) < 4.78 is 0.676. The third-order valence-corrected chi connectivity index (χ3v) is 3.20. The van der Waals surface area contributed by atoms with Crippen molar-refractivity contribution in [2.75, 3.05) is 25.0 Å². The molecule has 2 rings (SSSR count). The van der Waals surface area contributed by atoms with E-state index in [1.165, 1.54) is 4.90 Å². The number of nitrogens with one attached hydrogen (secondary N) is 1. The average molecular weight is 283 g/mol. The second kappa shape index (κ2) is 4.35. The van der Waals surface area contributed by atoms with Crippen LogP contribution in [-0.4, -0.2) is 31.8 Å². The van der Waals surface area contributed by atoms with Gasteiger partial charge in [-0.1, -0.05) is 6.07 Å². The number of likely N-dealkylation sites (N-methyl/N-ethyl adjacent to an activating group) is 1. The average Bonchev–Trinajstić information content (AvgIpc) is 2.51. The van der Waals surface area contributed by atoms with Gasteiger partial charge in [0.2, 0.25) is 0 Å². The van der Waals surface area contributed by atoms with Crippen LogP contribution in [0, 0.1) is 0 Å². The highest BCUT2D eigenvalue weighted by Crippen LogP contribution is 2.33. The number of hydrogen-bond acceptors (Lipinski definition) is 3. The second-order valence-electron chi connectivity index (χ2n) is 3.52. The van der Waals surface area contributed by atoms with Gasteiger partial charge in [-0.3, -0.25) is 9.59 Å². The van der Waals surface area contributed by atoms with Crippen molar-refractivity contribution in [3.8, 4) is 0 Å². The van der Waals surface area contributed by atoms with E-state index in [1.54, 1.807) is 12.1 Å². The number of benzene rings is 1. The zero-order valence-corrected chi connectivity index (χ0v) is 10.4. The Kier molecular flexibility index (Phi) is 3.07. The Morgan fingerprint density at radius 2 is 2.12 bits per heavy atom. The van der Waals surface area contributed by atoms with Crippen molar-refractivity contribution < 1.29 is 9.59 Å². The predicted octanol–water partition coefficient (Wildman–Crippen LogP) is 1.20. The summed E-state index contributed by atoms with van der Waals surface area (Å²) in [4.78, 5) is 25.0. The van der Waals surface area contributed by atoms with Crippen LogP contribution in [0.5, 0.6) is 0 Å². The molecule has 0 radical (unpaired) electrons. The highest BCUT2D eigenvalue weighted by molar-refractivity contribution is 9.10. The van der Waals surface area contributed by atoms with E-state index in [2.05, 4.69) is 21.2 Å². The lowest BCUT2D eigenvalue weighted by molar-refractivity contribution is -0.114. The maximum atomic E-state index is 11.7. The summed E-state index contributed by atoms with van der Waals surface area (Å²) in [5.74, 6) is -0.879. The summed E-state index contributed by atoms with van der Waals surface area (Å²) in [6, 6.07) is 5.38. The topological polar surface area (TPSA) is 49.4 Å². The van der Waals surface area contributed by atoms with E-state index in [0.29, 0.717) is 28.8 Å². The number of nitrogens with zero attached hydrogens (tertiary/aromatic N) is 1. The van der Waals surface area contributed by atoms with Gasteiger partial charge in [-0.05, 0) is 35.1 Å². The highest BCUT2D eigenvalue weighted by atomic mass is 79.9. The maximum Gasteiger partial charge on any atom is 0.299 e. The molecule has 1 heterocycles. The minimum atomic E-state index is -0.447. The minimum Gasteiger partial charge on any atom is -0.318 e. The number of amides is 1. The van der Waals surface area contributed by atoms with Crippen molar-refractivity contribution in [3.05, 3.63) is 28.2 Å². The van der Waals surface area contributed by atoms with Crippen LogP contribution in [0.4, 0.5) is 5.69 Å². The Morgan fingerprint density at radius 1 is 1.38 bits per heavy atom. The van der Waals surface area contributed by atoms with Crippen LogP contribution in [0.25, 0.3) is 0 Å². The van der Waals surface area contributed by atoms with Gasteiger partial charge in [-0.25, -0.2) is 0 Å². The van der Waals surface area contributed by atoms with Crippen molar-refractivity contribution in [1.82, 2.24) is 5.32 Å². The molecule has 1 aromatic carbocycles. The molecule has 0 spiro atoms. The van der Waals surface area contributed by atoms with Crippen molar-refractivity contribution in [2.24, 2.45) is 0 Å². The number of halogens is 1. The largest absolute Gasteiger partial charge is 0.318 e. The molecule has 0 atom stereocenters. The lowest BCUT2D eigenvalue weighted by Gasteiger charge is -2.15. The Balaban J connectivity index is 2.42. The minimum absolute atomic E-state index is 0.432. The second-order valence-corrected chi connectivity index (χ2v) is 4.38. The maximum absolute atomic E-state index is 11.7. The van der Waals surface area contributed by atoms with Gasteiger partial charge >= 0.3 is 0 Å². The van der Waals surface area contributed by atoms with Crippen LogP contribution in [0.3, 0.4) is 0 Å². The van der Waals surface area contributed by atoms with Crippen molar-refractivity contribution in [2.45, 2.75) is 0 Å². The number of Topliss-reactive ketones (excluding diaryl/α,β-unsaturated/α-hetero) is 1. The highest BCUT2D eigenvalue weighted by Gasteiger charge is 2.36. The first kappa shape index (κ1) is 11.3. The van der Waals surface area contributed by atoms with Gasteiger partial charge in [0, 0.05) is 17.6 Å². The molecule has 1 N–H and O–H groups in total. The van der Waals surface area contributed by atoms with Gasteiger partial charge < -0.3 is 10.2 Å². The van der Waals surface area contributed by atoms with E-state index >= 15 is 0 Å². The monoisotopic (exact) mass is 282 g/mol. The first-order valence-corrected chi connectivity index (χ1v) is 5.75. The summed E-state index contributed by atoms with van der Waals surface area (Å²) >= 11 is 3.30. The molecule has 0 saturated heterocycles. The molecule has 1 aliphatic heterocycles. The third kappa shape index (κ3) is 1.66. The van der Waals surface area contributed by atoms with Crippen LogP contribution < -0.4 is 10.2 Å². The molecule has 84 valence electrons. The Bertz CT molecular complexity index is 459. The molecule has 0 aromatic heterocycles. The summed E-state index contributed by atoms with van der Waals surface area (Å²) in [5.41, 5.74) is 1.17. The fourth-order valence-electron chi connectivity index (χ4n) is 1.75. The SMILES string of the molecule is CNCCN1C(=O)C(=O)c2c(Br)cccc21. The number of anilines is 1. The van der Waals surface area contributed by atoms with Crippen LogP contribution in [0.15, 0.2) is 22.7 Å². The van der Waals surface area contributed by atoms with Gasteiger partial charge in [0.25, 0.3) is 11.7 Å². The van der Waals surface area contributed by atoms with E-state index in [4.69, 9.17) is 0 Å². The summed E-state index contributed by atoms with van der Waals surface area (Å²) in [6.07, 6.45) is 0. The molecule has 1 aliphatic rings. The van der Waals surface area contributed by atoms with Crippen molar-refractivity contribution in [1.29, 1.82) is 0 Å². The standard InChI is InChI=1S/C11H11BrN2O2/c1-13-5-6-14-8-4-2-3-7(12)9(8)10(15)11(14)16/h2-4,13H,5-6H2,1H3. The summed E-state index contributed by atoms with van der Waals surface area (Å²) in [7, 11) is 1.81. The lowest BCUT2D eigenvalue weighted by atomic mass is 10.1. The predicted molar refractivity (Wildman–Crippen MR) is 64.8 cm³/mol. The zero-order valence-electron chi connectivity index (χ0n) is 8.79. The van der Waals surface area contributed by atoms with Gasteiger partial charge in [0.05, 0.1) is 11.3 Å². The number of carbonyl (C=O) groups is 2. The number of ketones is 1. The quantitative estimate of drug-likeness (QED) is 0.848. The number of carbonyl (C=O) groups excluding carboxylic acids is 2. The van der Waals surface area contributed by atoms with E-state index in [1.807, 2.05) is 13.1 Å². The third-order valence-electron chi connectivity index (χ3n) is 2.53. The van der Waals surface area contributed by atoms with Crippen LogP contribution in [0.1, 0.15) is 10.4 Å². The Hall–Kier alpha value is -1.20. The lowest BCUT2D eigenvalue weighted by Crippen LogP contribution is -2.35. The molecule has 5 heteroatoms. The fourth-order valence-corrected chi connectivity index (χ4v) is 2.28. The van der Waals surface area contributed by atoms with E-state index < -0.39 is 11.7 Å². The molecule has 16 heavy (non-hydrogen) atoms. The molecule has 0 aliphatic carbocycles. The smallest absolute Gasteiger partial charge is 0.299 e. The van der Waals surface area contributed by atoms with Crippen LogP contribution in [-0.2, 0) is 4.79 Å². The zero-order chi connectivity index (χ0) is 11.7. The number of hydrogen-bond donors (Lipinski definition) is 1. The van der Waals surface area contributed by atoms with Gasteiger partial charge in [0.1, 0.15) is 0 Å². The Labute approximate surface area is 102 Å². The van der Waals surface area contributed by atoms with Gasteiger partial charge in [-0.2, -0.15) is 0 Å². The molecule has 0 fully saturated rings. The first-order valence-electron chi connectivity index (χ1n) is 4.96. The normalized spacial score (nSPS) is 14.5. The van der Waals surface area contributed by atoms with E-state index in [0.717, 1.165) is 0 Å². The van der Waals surface area contributed by atoms with Crippen molar-refractivity contribution >= 4 is 33.3 Å². The van der Waals surface area contributed by atoms with Gasteiger partial charge in [-0.15, -0.1) is 0 Å². The molecular weight excluding hydrogens is 272 g/mol. The molecule has 0 bridgehead atoms. The molecule has 1 amide bonds. The fraction of sp³-hybridized carbons (Fsp3) is 0.273. The van der Waals surface area contributed by atoms with E-state index in [9.17, 15) is 9.59 Å². The van der Waals surface area contributed by atoms with E-state index in [-0.39, 0.29) is 0 Å². The van der Waals surface area contributed by atoms with Gasteiger partial charge in [0.15, 0.2) is 0 Å². The van der Waals surface area contributed by atoms with Crippen molar-refractivity contribution in [3.63, 3.8) is 0 Å². The Morgan fingerprint density at radius 3 is 2.81 bits per heavy atom. The molecule has 0 unspecified atom stereocenters. The summed E-state index contributed by atoms with van der Waals surface area (Å²) in [5, 5.41) is 2.96. The number of fused-ring (bicyclic) bond motifs is 1. The first-order chi connectivity index (χ1) is 7.66. The summed E-state index contributed by atoms with van der Waals surface area (Å²) in [6.45, 7) is 1.16.